The van der Waals surface area contributed by atoms with Gasteiger partial charge in [-0.2, -0.15) is 0 Å². The second kappa shape index (κ2) is 5.48. The fraction of sp³-hybridized carbons (Fsp3) is 0.750. The average Bonchev–Trinajstić information content (AvgIpc) is 3.10. The molecule has 1 atom stereocenters. The van der Waals surface area contributed by atoms with Crippen molar-refractivity contribution in [3.8, 4) is 0 Å². The second-order valence-electron chi connectivity index (χ2n) is 4.95. The van der Waals surface area contributed by atoms with Crippen LogP contribution < -0.4 is 10.6 Å². The van der Waals surface area contributed by atoms with Gasteiger partial charge in [0.2, 0.25) is 17.7 Å². The Hall–Kier alpha value is -1.43. The van der Waals surface area contributed by atoms with Crippen LogP contribution in [-0.2, 0) is 14.4 Å². The fourth-order valence-electron chi connectivity index (χ4n) is 1.97. The summed E-state index contributed by atoms with van der Waals surface area (Å²) in [6, 6.07) is -0.0119. The lowest BCUT2D eigenvalue weighted by molar-refractivity contribution is -0.137. The standard InChI is InChI=1S/C12H19N3O3/c1-15-11(17)7-9(12(15)18)13-6-2-3-10(16)14-8-4-5-8/h8-9,13H,2-7H2,1H3,(H,14,16). The highest BCUT2D eigenvalue weighted by molar-refractivity contribution is 6.05. The monoisotopic (exact) mass is 253 g/mol. The molecule has 100 valence electrons. The van der Waals surface area contributed by atoms with E-state index in [2.05, 4.69) is 10.6 Å². The number of nitrogens with zero attached hydrogens (tertiary/aromatic N) is 1. The summed E-state index contributed by atoms with van der Waals surface area (Å²) in [7, 11) is 1.50. The molecule has 6 heteroatoms. The first-order chi connectivity index (χ1) is 8.58. The quantitative estimate of drug-likeness (QED) is 0.489. The zero-order valence-electron chi connectivity index (χ0n) is 10.6. The van der Waals surface area contributed by atoms with Gasteiger partial charge in [0, 0.05) is 19.5 Å². The van der Waals surface area contributed by atoms with Crippen LogP contribution in [0.3, 0.4) is 0 Å². The van der Waals surface area contributed by atoms with Gasteiger partial charge in [0.25, 0.3) is 0 Å². The molecule has 0 bridgehead atoms. The first-order valence-electron chi connectivity index (χ1n) is 6.41. The molecule has 1 aliphatic heterocycles. The van der Waals surface area contributed by atoms with Crippen LogP contribution in [0.15, 0.2) is 0 Å². The van der Waals surface area contributed by atoms with Crippen molar-refractivity contribution in [3.05, 3.63) is 0 Å². The Morgan fingerprint density at radius 1 is 1.39 bits per heavy atom. The number of amides is 3. The Labute approximate surface area is 106 Å². The molecule has 2 fully saturated rings. The Morgan fingerprint density at radius 2 is 2.11 bits per heavy atom. The zero-order chi connectivity index (χ0) is 13.1. The van der Waals surface area contributed by atoms with E-state index in [1.54, 1.807) is 0 Å². The van der Waals surface area contributed by atoms with E-state index in [0.717, 1.165) is 17.7 Å². The molecule has 0 aromatic rings. The highest BCUT2D eigenvalue weighted by atomic mass is 16.2. The molecule has 6 nitrogen and oxygen atoms in total. The van der Waals surface area contributed by atoms with Gasteiger partial charge >= 0.3 is 0 Å². The van der Waals surface area contributed by atoms with E-state index < -0.39 is 6.04 Å². The van der Waals surface area contributed by atoms with Crippen molar-refractivity contribution >= 4 is 17.7 Å². The van der Waals surface area contributed by atoms with Crippen LogP contribution in [0.1, 0.15) is 32.1 Å². The van der Waals surface area contributed by atoms with Crippen LogP contribution in [0.5, 0.6) is 0 Å². The third-order valence-electron chi connectivity index (χ3n) is 3.30. The molecule has 2 aliphatic rings. The summed E-state index contributed by atoms with van der Waals surface area (Å²) in [6.45, 7) is 0.579. The lowest BCUT2D eigenvalue weighted by Gasteiger charge is -2.10. The van der Waals surface area contributed by atoms with Crippen LogP contribution in [0, 0.1) is 0 Å². The summed E-state index contributed by atoms with van der Waals surface area (Å²) in [5.41, 5.74) is 0. The lowest BCUT2D eigenvalue weighted by Crippen LogP contribution is -2.38. The number of hydrogen-bond donors (Lipinski definition) is 2. The number of hydrogen-bond acceptors (Lipinski definition) is 4. The Balaban J connectivity index is 1.59. The Kier molecular flexibility index (Phi) is 3.96. The first-order valence-corrected chi connectivity index (χ1v) is 6.41. The van der Waals surface area contributed by atoms with E-state index in [-0.39, 0.29) is 24.1 Å². The Bertz CT molecular complexity index is 366. The molecule has 3 amide bonds. The van der Waals surface area contributed by atoms with E-state index in [0.29, 0.717) is 25.4 Å². The molecule has 0 aromatic heterocycles. The number of nitrogens with one attached hydrogen (secondary N) is 2. The molecule has 1 heterocycles. The minimum Gasteiger partial charge on any atom is -0.353 e. The minimum atomic E-state index is -0.408. The molecule has 18 heavy (non-hydrogen) atoms. The summed E-state index contributed by atoms with van der Waals surface area (Å²) >= 11 is 0. The number of rotatable bonds is 6. The molecule has 1 saturated carbocycles. The summed E-state index contributed by atoms with van der Waals surface area (Å²) in [5.74, 6) is -0.253. The van der Waals surface area contributed by atoms with E-state index in [1.165, 1.54) is 7.05 Å². The maximum atomic E-state index is 11.6. The number of carbonyl (C=O) groups excluding carboxylic acids is 3. The molecular formula is C12H19N3O3. The number of imide groups is 1. The predicted molar refractivity (Wildman–Crippen MR) is 64.6 cm³/mol. The maximum absolute atomic E-state index is 11.6. The molecule has 1 saturated heterocycles. The van der Waals surface area contributed by atoms with Crippen molar-refractivity contribution < 1.29 is 14.4 Å². The molecule has 0 aromatic carbocycles. The molecule has 0 spiro atoms. The van der Waals surface area contributed by atoms with Crippen LogP contribution in [0.4, 0.5) is 0 Å². The van der Waals surface area contributed by atoms with E-state index in [4.69, 9.17) is 0 Å². The van der Waals surface area contributed by atoms with Gasteiger partial charge in [0.15, 0.2) is 0 Å². The van der Waals surface area contributed by atoms with E-state index in [1.807, 2.05) is 0 Å². The third-order valence-corrected chi connectivity index (χ3v) is 3.30. The summed E-state index contributed by atoms with van der Waals surface area (Å²) < 4.78 is 0. The fourth-order valence-corrected chi connectivity index (χ4v) is 1.97. The average molecular weight is 253 g/mol. The van der Waals surface area contributed by atoms with Crippen molar-refractivity contribution in [2.24, 2.45) is 0 Å². The zero-order valence-corrected chi connectivity index (χ0v) is 10.6. The van der Waals surface area contributed by atoms with Gasteiger partial charge < -0.3 is 10.6 Å². The molecule has 2 rings (SSSR count). The highest BCUT2D eigenvalue weighted by Gasteiger charge is 2.35. The topological polar surface area (TPSA) is 78.5 Å². The largest absolute Gasteiger partial charge is 0.353 e. The molecule has 1 aliphatic carbocycles. The second-order valence-corrected chi connectivity index (χ2v) is 4.95. The van der Waals surface area contributed by atoms with Crippen molar-refractivity contribution in [2.75, 3.05) is 13.6 Å². The Morgan fingerprint density at radius 3 is 2.67 bits per heavy atom. The van der Waals surface area contributed by atoms with Crippen LogP contribution in [0.2, 0.25) is 0 Å². The van der Waals surface area contributed by atoms with Crippen LogP contribution in [-0.4, -0.2) is 48.3 Å². The highest BCUT2D eigenvalue weighted by Crippen LogP contribution is 2.18. The summed E-state index contributed by atoms with van der Waals surface area (Å²) in [5, 5.41) is 5.93. The third kappa shape index (κ3) is 3.29. The van der Waals surface area contributed by atoms with E-state index in [9.17, 15) is 14.4 Å². The van der Waals surface area contributed by atoms with Gasteiger partial charge in [-0.05, 0) is 25.8 Å². The van der Waals surface area contributed by atoms with Crippen molar-refractivity contribution in [2.45, 2.75) is 44.2 Å². The normalized spacial score (nSPS) is 23.6. The van der Waals surface area contributed by atoms with Gasteiger partial charge in [-0.1, -0.05) is 0 Å². The van der Waals surface area contributed by atoms with Crippen LogP contribution in [0.25, 0.3) is 0 Å². The molecular weight excluding hydrogens is 234 g/mol. The van der Waals surface area contributed by atoms with Crippen molar-refractivity contribution in [1.82, 2.24) is 15.5 Å². The number of likely N-dealkylation sites (N-methyl/N-ethyl adjacent to an activating group) is 1. The number of carbonyl (C=O) groups is 3. The summed E-state index contributed by atoms with van der Waals surface area (Å²) in [6.07, 6.45) is 3.56. The van der Waals surface area contributed by atoms with Crippen molar-refractivity contribution in [3.63, 3.8) is 0 Å². The maximum Gasteiger partial charge on any atom is 0.246 e. The SMILES string of the molecule is CN1C(=O)CC(NCCCC(=O)NC2CC2)C1=O. The van der Waals surface area contributed by atoms with Crippen molar-refractivity contribution in [1.29, 1.82) is 0 Å². The van der Waals surface area contributed by atoms with Gasteiger partial charge in [0.05, 0.1) is 12.5 Å². The van der Waals surface area contributed by atoms with E-state index >= 15 is 0 Å². The lowest BCUT2D eigenvalue weighted by atomic mass is 10.2. The van der Waals surface area contributed by atoms with Gasteiger partial charge in [-0.25, -0.2) is 0 Å². The summed E-state index contributed by atoms with van der Waals surface area (Å²) in [4.78, 5) is 35.4. The van der Waals surface area contributed by atoms with Crippen LogP contribution >= 0.6 is 0 Å². The van der Waals surface area contributed by atoms with Gasteiger partial charge in [-0.15, -0.1) is 0 Å². The molecule has 2 N–H and O–H groups in total. The minimum absolute atomic E-state index is 0.0743. The molecule has 0 radical (unpaired) electrons. The smallest absolute Gasteiger partial charge is 0.246 e. The predicted octanol–water partition coefficient (Wildman–Crippen LogP) is -0.608. The first kappa shape index (κ1) is 13.0. The number of likely N-dealkylation sites (tertiary alicyclic amines) is 1. The van der Waals surface area contributed by atoms with Gasteiger partial charge in [0.1, 0.15) is 0 Å². The molecule has 1 unspecified atom stereocenters. The van der Waals surface area contributed by atoms with Gasteiger partial charge in [-0.3, -0.25) is 19.3 Å².